The minimum atomic E-state index is -4.16. The van der Waals surface area contributed by atoms with Crippen molar-refractivity contribution in [3.05, 3.63) is 35.4 Å². The van der Waals surface area contributed by atoms with Crippen LogP contribution in [0.1, 0.15) is 36.3 Å². The van der Waals surface area contributed by atoms with Gasteiger partial charge in [0.1, 0.15) is 0 Å². The molecule has 1 saturated heterocycles. The summed E-state index contributed by atoms with van der Waals surface area (Å²) in [5, 5.41) is 5.81. The van der Waals surface area contributed by atoms with E-state index >= 15 is 0 Å². The number of fused-ring (bicyclic) bond motifs is 1. The quantitative estimate of drug-likeness (QED) is 0.872. The number of halogens is 3. The Kier molecular flexibility index (Phi) is 5.51. The summed E-state index contributed by atoms with van der Waals surface area (Å²) >= 11 is 0. The number of carbonyl (C=O) groups is 1. The average molecular weight is 355 g/mol. The Morgan fingerprint density at radius 1 is 1.16 bits per heavy atom. The molecule has 1 atom stereocenters. The van der Waals surface area contributed by atoms with Crippen LogP contribution < -0.4 is 10.6 Å². The lowest BCUT2D eigenvalue weighted by atomic mass is 10.0. The molecule has 4 nitrogen and oxygen atoms in total. The highest BCUT2D eigenvalue weighted by Crippen LogP contribution is 2.32. The highest BCUT2D eigenvalue weighted by molar-refractivity contribution is 5.74. The van der Waals surface area contributed by atoms with Crippen LogP contribution in [0.25, 0.3) is 0 Å². The van der Waals surface area contributed by atoms with Crippen molar-refractivity contribution in [3.8, 4) is 0 Å². The van der Waals surface area contributed by atoms with E-state index in [0.29, 0.717) is 38.4 Å². The molecule has 3 rings (SSSR count). The van der Waals surface area contributed by atoms with Gasteiger partial charge in [0.2, 0.25) is 0 Å². The minimum Gasteiger partial charge on any atom is -0.338 e. The van der Waals surface area contributed by atoms with Crippen molar-refractivity contribution in [3.63, 3.8) is 0 Å². The van der Waals surface area contributed by atoms with Crippen molar-refractivity contribution >= 4 is 6.03 Å². The summed E-state index contributed by atoms with van der Waals surface area (Å²) in [6, 6.07) is 8.02. The van der Waals surface area contributed by atoms with Gasteiger partial charge in [-0.3, -0.25) is 4.90 Å². The van der Waals surface area contributed by atoms with Crippen LogP contribution in [0.5, 0.6) is 0 Å². The number of benzene rings is 1. The molecule has 1 aromatic carbocycles. The first-order valence-electron chi connectivity index (χ1n) is 8.82. The summed E-state index contributed by atoms with van der Waals surface area (Å²) in [6.07, 6.45) is -0.974. The predicted molar refractivity (Wildman–Crippen MR) is 89.6 cm³/mol. The van der Waals surface area contributed by atoms with Crippen molar-refractivity contribution in [1.82, 2.24) is 15.5 Å². The van der Waals surface area contributed by atoms with Gasteiger partial charge in [0, 0.05) is 31.6 Å². The Bertz CT molecular complexity index is 597. The van der Waals surface area contributed by atoms with Crippen molar-refractivity contribution in [2.24, 2.45) is 0 Å². The highest BCUT2D eigenvalue weighted by Gasteiger charge is 2.32. The van der Waals surface area contributed by atoms with E-state index in [9.17, 15) is 18.0 Å². The largest absolute Gasteiger partial charge is 0.401 e. The maximum atomic E-state index is 12.4. The van der Waals surface area contributed by atoms with Crippen LogP contribution >= 0.6 is 0 Å². The van der Waals surface area contributed by atoms with Gasteiger partial charge < -0.3 is 10.6 Å². The van der Waals surface area contributed by atoms with Gasteiger partial charge >= 0.3 is 12.2 Å². The van der Waals surface area contributed by atoms with Gasteiger partial charge in [-0.1, -0.05) is 24.3 Å². The van der Waals surface area contributed by atoms with Crippen molar-refractivity contribution in [2.45, 2.75) is 43.8 Å². The number of alkyl halides is 3. The third-order valence-electron chi connectivity index (χ3n) is 5.09. The summed E-state index contributed by atoms with van der Waals surface area (Å²) in [4.78, 5) is 13.5. The maximum absolute atomic E-state index is 12.4. The number of amides is 2. The topological polar surface area (TPSA) is 44.4 Å². The van der Waals surface area contributed by atoms with Gasteiger partial charge in [-0.15, -0.1) is 0 Å². The van der Waals surface area contributed by atoms with Crippen LogP contribution in [0.4, 0.5) is 18.0 Å². The molecule has 0 bridgehead atoms. The fraction of sp³-hybridized carbons (Fsp3) is 0.611. The van der Waals surface area contributed by atoms with E-state index in [2.05, 4.69) is 22.8 Å². The zero-order valence-electron chi connectivity index (χ0n) is 14.1. The minimum absolute atomic E-state index is 0.0552. The zero-order chi connectivity index (χ0) is 17.9. The van der Waals surface area contributed by atoms with Gasteiger partial charge in [-0.25, -0.2) is 4.79 Å². The van der Waals surface area contributed by atoms with Gasteiger partial charge in [0.15, 0.2) is 0 Å². The molecule has 1 fully saturated rings. The van der Waals surface area contributed by atoms with Gasteiger partial charge in [-0.2, -0.15) is 13.2 Å². The van der Waals surface area contributed by atoms with E-state index < -0.39 is 12.7 Å². The normalized spacial score (nSPS) is 21.8. The van der Waals surface area contributed by atoms with E-state index in [4.69, 9.17) is 0 Å². The van der Waals surface area contributed by atoms with Crippen molar-refractivity contribution < 1.29 is 18.0 Å². The standard InChI is InChI=1S/C18H24F3N3O/c19-18(20,21)12-24-9-7-15(8-10-24)23-17(25)22-11-14-6-5-13-3-1-2-4-16(13)14/h1-4,14-15H,5-12H2,(H2,22,23,25)/t14-/m0/s1. The van der Waals surface area contributed by atoms with Crippen LogP contribution in [0.2, 0.25) is 0 Å². The molecule has 2 N–H and O–H groups in total. The molecule has 0 unspecified atom stereocenters. The second-order valence-corrected chi connectivity index (χ2v) is 6.95. The molecule has 2 aliphatic rings. The molecule has 0 aromatic heterocycles. The van der Waals surface area contributed by atoms with Crippen LogP contribution in [-0.4, -0.2) is 49.3 Å². The number of piperidine rings is 1. The molecule has 0 radical (unpaired) electrons. The van der Waals surface area contributed by atoms with Gasteiger partial charge in [-0.05, 0) is 36.8 Å². The molecular weight excluding hydrogens is 331 g/mol. The smallest absolute Gasteiger partial charge is 0.338 e. The van der Waals surface area contributed by atoms with Crippen LogP contribution in [0.15, 0.2) is 24.3 Å². The molecule has 2 amide bonds. The Morgan fingerprint density at radius 2 is 1.88 bits per heavy atom. The monoisotopic (exact) mass is 355 g/mol. The third kappa shape index (κ3) is 5.11. The SMILES string of the molecule is O=C(NC[C@@H]1CCc2ccccc21)NC1CCN(CC(F)(F)F)CC1. The molecule has 1 heterocycles. The number of carbonyl (C=O) groups excluding carboxylic acids is 1. The second-order valence-electron chi connectivity index (χ2n) is 6.95. The summed E-state index contributed by atoms with van der Waals surface area (Å²) in [7, 11) is 0. The lowest BCUT2D eigenvalue weighted by molar-refractivity contribution is -0.148. The molecule has 0 spiro atoms. The maximum Gasteiger partial charge on any atom is 0.401 e. The number of rotatable bonds is 4. The first kappa shape index (κ1) is 18.0. The average Bonchev–Trinajstić information content (AvgIpc) is 2.97. The second kappa shape index (κ2) is 7.64. The molecule has 138 valence electrons. The van der Waals surface area contributed by atoms with Crippen molar-refractivity contribution in [1.29, 1.82) is 0 Å². The highest BCUT2D eigenvalue weighted by atomic mass is 19.4. The van der Waals surface area contributed by atoms with E-state index in [1.54, 1.807) is 0 Å². The van der Waals surface area contributed by atoms with E-state index in [0.717, 1.165) is 12.8 Å². The first-order valence-corrected chi connectivity index (χ1v) is 8.82. The van der Waals surface area contributed by atoms with E-state index in [-0.39, 0.29) is 12.1 Å². The lowest BCUT2D eigenvalue weighted by Gasteiger charge is -2.32. The first-order chi connectivity index (χ1) is 11.9. The Morgan fingerprint density at radius 3 is 2.60 bits per heavy atom. The predicted octanol–water partition coefficient (Wildman–Crippen LogP) is 3.04. The molecule has 1 aliphatic heterocycles. The molecule has 1 aromatic rings. The van der Waals surface area contributed by atoms with Gasteiger partial charge in [0.25, 0.3) is 0 Å². The van der Waals surface area contributed by atoms with Crippen LogP contribution in [0, 0.1) is 0 Å². The number of aryl methyl sites for hydroxylation is 1. The third-order valence-corrected chi connectivity index (χ3v) is 5.09. The molecule has 25 heavy (non-hydrogen) atoms. The summed E-state index contributed by atoms with van der Waals surface area (Å²) in [6.45, 7) is 0.448. The fourth-order valence-electron chi connectivity index (χ4n) is 3.80. The zero-order valence-corrected chi connectivity index (χ0v) is 14.1. The molecule has 1 aliphatic carbocycles. The number of hydrogen-bond acceptors (Lipinski definition) is 2. The summed E-state index contributed by atoms with van der Waals surface area (Å²) in [5.41, 5.74) is 2.66. The van der Waals surface area contributed by atoms with E-state index in [1.165, 1.54) is 16.0 Å². The van der Waals surface area contributed by atoms with Crippen LogP contribution in [0.3, 0.4) is 0 Å². The Balaban J connectivity index is 1.38. The number of urea groups is 1. The summed E-state index contributed by atoms with van der Waals surface area (Å²) < 4.78 is 37.1. The molecular formula is C18H24F3N3O. The Hall–Kier alpha value is -1.76. The number of nitrogens with one attached hydrogen (secondary N) is 2. The molecule has 0 saturated carbocycles. The number of likely N-dealkylation sites (tertiary alicyclic amines) is 1. The Labute approximate surface area is 145 Å². The number of nitrogens with zero attached hydrogens (tertiary/aromatic N) is 1. The van der Waals surface area contributed by atoms with Crippen molar-refractivity contribution in [2.75, 3.05) is 26.2 Å². The van der Waals surface area contributed by atoms with E-state index in [1.807, 2.05) is 12.1 Å². The summed E-state index contributed by atoms with van der Waals surface area (Å²) in [5.74, 6) is 0.343. The molecule has 7 heteroatoms. The fourth-order valence-corrected chi connectivity index (χ4v) is 3.80. The lowest BCUT2D eigenvalue weighted by Crippen LogP contribution is -2.49. The number of hydrogen-bond donors (Lipinski definition) is 2. The van der Waals surface area contributed by atoms with Gasteiger partial charge in [0.05, 0.1) is 6.54 Å². The van der Waals surface area contributed by atoms with Crippen LogP contribution in [-0.2, 0) is 6.42 Å².